The zero-order valence-electron chi connectivity index (χ0n) is 8.52. The lowest BCUT2D eigenvalue weighted by Crippen LogP contribution is -2.28. The number of halogens is 1. The van der Waals surface area contributed by atoms with Crippen molar-refractivity contribution in [1.82, 2.24) is 10.4 Å². The number of thioether (sulfide) groups is 1. The lowest BCUT2D eigenvalue weighted by atomic mass is 10.2. The fourth-order valence-corrected chi connectivity index (χ4v) is 2.06. The van der Waals surface area contributed by atoms with E-state index < -0.39 is 0 Å². The van der Waals surface area contributed by atoms with Gasteiger partial charge in [-0.3, -0.25) is 4.79 Å². The van der Waals surface area contributed by atoms with Gasteiger partial charge < -0.3 is 5.32 Å². The van der Waals surface area contributed by atoms with Crippen LogP contribution in [0.2, 0.25) is 0 Å². The van der Waals surface area contributed by atoms with Crippen LogP contribution >= 0.6 is 11.8 Å². The zero-order chi connectivity index (χ0) is 11.4. The molecule has 0 saturated carbocycles. The molecule has 0 atom stereocenters. The molecule has 0 aromatic heterocycles. The second-order valence-electron chi connectivity index (χ2n) is 3.33. The van der Waals surface area contributed by atoms with Gasteiger partial charge in [0.25, 0.3) is 5.91 Å². The van der Waals surface area contributed by atoms with Crippen molar-refractivity contribution in [1.29, 1.82) is 0 Å². The van der Waals surface area contributed by atoms with E-state index in [1.165, 1.54) is 17.2 Å². The number of nitrogens with zero attached hydrogens (tertiary/aromatic N) is 1. The van der Waals surface area contributed by atoms with Gasteiger partial charge in [-0.15, -0.1) is 11.8 Å². The monoisotopic (exact) mass is 238 g/mol. The Labute approximate surface area is 97.3 Å². The van der Waals surface area contributed by atoms with Gasteiger partial charge in [0.1, 0.15) is 11.6 Å². The third-order valence-corrected chi connectivity index (χ3v) is 2.94. The number of benzene rings is 1. The summed E-state index contributed by atoms with van der Waals surface area (Å²) in [6, 6.07) is 9.52. The van der Waals surface area contributed by atoms with Gasteiger partial charge in [0.05, 0.1) is 0 Å². The first-order valence-electron chi connectivity index (χ1n) is 4.84. The third kappa shape index (κ3) is 2.55. The summed E-state index contributed by atoms with van der Waals surface area (Å²) in [4.78, 5) is 11.6. The van der Waals surface area contributed by atoms with E-state index in [1.807, 2.05) is 30.3 Å². The molecular weight excluding hydrogens is 227 g/mol. The molecule has 1 amide bonds. The molecule has 0 unspecified atom stereocenters. The van der Waals surface area contributed by atoms with Gasteiger partial charge in [-0.05, 0) is 5.56 Å². The van der Waals surface area contributed by atoms with Gasteiger partial charge in [0.15, 0.2) is 0 Å². The summed E-state index contributed by atoms with van der Waals surface area (Å²) in [6.07, 6.45) is 0. The van der Waals surface area contributed by atoms with Crippen molar-refractivity contribution in [3.63, 3.8) is 0 Å². The molecule has 1 aliphatic heterocycles. The summed E-state index contributed by atoms with van der Waals surface area (Å²) in [5.74, 6) is -0.190. The van der Waals surface area contributed by atoms with Crippen LogP contribution in [-0.2, 0) is 11.3 Å². The second-order valence-corrected chi connectivity index (χ2v) is 4.16. The molecule has 1 aliphatic rings. The first-order chi connectivity index (χ1) is 7.77. The molecular formula is C11H11FN2OS. The van der Waals surface area contributed by atoms with E-state index in [2.05, 4.69) is 5.32 Å². The fraction of sp³-hybridized carbons (Fsp3) is 0.182. The Bertz CT molecular complexity index is 408. The average molecular weight is 238 g/mol. The van der Waals surface area contributed by atoms with Crippen molar-refractivity contribution in [2.75, 3.05) is 5.88 Å². The largest absolute Gasteiger partial charge is 0.347 e. The van der Waals surface area contributed by atoms with Gasteiger partial charge in [-0.1, -0.05) is 34.8 Å². The van der Waals surface area contributed by atoms with Crippen LogP contribution in [0.3, 0.4) is 0 Å². The summed E-state index contributed by atoms with van der Waals surface area (Å²) in [7, 11) is 0. The minimum atomic E-state index is -0.378. The first kappa shape index (κ1) is 11.0. The first-order valence-corrected chi connectivity index (χ1v) is 5.89. The molecule has 1 N–H and O–H groups in total. The van der Waals surface area contributed by atoms with Gasteiger partial charge in [0.2, 0.25) is 0 Å². The van der Waals surface area contributed by atoms with Crippen molar-refractivity contribution in [2.45, 2.75) is 6.54 Å². The Morgan fingerprint density at radius 2 is 2.19 bits per heavy atom. The lowest BCUT2D eigenvalue weighted by molar-refractivity contribution is -0.120. The van der Waals surface area contributed by atoms with Crippen molar-refractivity contribution < 1.29 is 9.28 Å². The Hall–Kier alpha value is -1.49. The zero-order valence-corrected chi connectivity index (χ0v) is 9.34. The minimum Gasteiger partial charge on any atom is -0.347 e. The molecule has 0 radical (unpaired) electrons. The van der Waals surface area contributed by atoms with E-state index >= 15 is 0 Å². The van der Waals surface area contributed by atoms with Crippen molar-refractivity contribution in [3.8, 4) is 0 Å². The summed E-state index contributed by atoms with van der Waals surface area (Å²) in [5.41, 5.74) is 1.08. The van der Waals surface area contributed by atoms with Crippen molar-refractivity contribution in [2.24, 2.45) is 0 Å². The number of rotatable bonds is 3. The SMILES string of the molecule is O=C(NCc1ccccc1)C1=CSCN1F. The van der Waals surface area contributed by atoms with Gasteiger partial charge in [0, 0.05) is 12.0 Å². The highest BCUT2D eigenvalue weighted by atomic mass is 32.2. The maximum Gasteiger partial charge on any atom is 0.271 e. The standard InChI is InChI=1S/C11H11FN2OS/c12-14-8-16-7-10(14)11(15)13-6-9-4-2-1-3-5-9/h1-5,7H,6,8H2,(H,13,15). The normalized spacial score (nSPS) is 14.8. The molecule has 0 spiro atoms. The highest BCUT2D eigenvalue weighted by Crippen LogP contribution is 2.23. The molecule has 16 heavy (non-hydrogen) atoms. The van der Waals surface area contributed by atoms with E-state index in [4.69, 9.17) is 0 Å². The Balaban J connectivity index is 1.89. The summed E-state index contributed by atoms with van der Waals surface area (Å²) in [6.45, 7) is 0.412. The van der Waals surface area contributed by atoms with Crippen molar-refractivity contribution in [3.05, 3.63) is 47.0 Å². The topological polar surface area (TPSA) is 32.3 Å². The average Bonchev–Trinajstić information content (AvgIpc) is 2.74. The molecule has 1 heterocycles. The van der Waals surface area contributed by atoms with Crippen molar-refractivity contribution >= 4 is 17.7 Å². The number of hydrogen-bond donors (Lipinski definition) is 1. The minimum absolute atomic E-state index is 0.0842. The predicted octanol–water partition coefficient (Wildman–Crippen LogP) is 2.04. The summed E-state index contributed by atoms with van der Waals surface area (Å²) < 4.78 is 13.0. The fourth-order valence-electron chi connectivity index (χ4n) is 1.34. The Kier molecular flexibility index (Phi) is 3.46. The van der Waals surface area contributed by atoms with Crippen LogP contribution < -0.4 is 5.32 Å². The van der Waals surface area contributed by atoms with E-state index in [0.29, 0.717) is 11.7 Å². The van der Waals surface area contributed by atoms with E-state index in [-0.39, 0.29) is 17.5 Å². The van der Waals surface area contributed by atoms with Gasteiger partial charge >= 0.3 is 0 Å². The number of amides is 1. The maximum atomic E-state index is 13.0. The molecule has 0 bridgehead atoms. The highest BCUT2D eigenvalue weighted by molar-refractivity contribution is 8.02. The van der Waals surface area contributed by atoms with Crippen LogP contribution in [0.15, 0.2) is 41.4 Å². The van der Waals surface area contributed by atoms with E-state index in [1.54, 1.807) is 0 Å². The lowest BCUT2D eigenvalue weighted by Gasteiger charge is -2.10. The molecule has 0 fully saturated rings. The Morgan fingerprint density at radius 1 is 1.44 bits per heavy atom. The Morgan fingerprint density at radius 3 is 2.81 bits per heavy atom. The third-order valence-electron chi connectivity index (χ3n) is 2.17. The van der Waals surface area contributed by atoms with Crippen LogP contribution in [0.1, 0.15) is 5.56 Å². The molecule has 1 aromatic rings. The van der Waals surface area contributed by atoms with E-state index in [9.17, 15) is 9.28 Å². The van der Waals surface area contributed by atoms with E-state index in [0.717, 1.165) is 5.56 Å². The van der Waals surface area contributed by atoms with Crippen LogP contribution in [0.25, 0.3) is 0 Å². The molecule has 1 aromatic carbocycles. The second kappa shape index (κ2) is 5.03. The van der Waals surface area contributed by atoms with Crippen LogP contribution in [0, 0.1) is 0 Å². The molecule has 2 rings (SSSR count). The summed E-state index contributed by atoms with van der Waals surface area (Å²) >= 11 is 1.27. The number of carbonyl (C=O) groups excluding carboxylic acids is 1. The smallest absolute Gasteiger partial charge is 0.271 e. The molecule has 0 aliphatic carbocycles. The van der Waals surface area contributed by atoms with Crippen LogP contribution in [-0.4, -0.2) is 16.9 Å². The van der Waals surface area contributed by atoms with Gasteiger partial charge in [-0.2, -0.15) is 5.12 Å². The number of hydrogen-bond acceptors (Lipinski definition) is 3. The predicted molar refractivity (Wildman–Crippen MR) is 61.8 cm³/mol. The molecule has 3 nitrogen and oxygen atoms in total. The number of nitrogens with one attached hydrogen (secondary N) is 1. The molecule has 5 heteroatoms. The van der Waals surface area contributed by atoms with Crippen LogP contribution in [0.5, 0.6) is 0 Å². The maximum absolute atomic E-state index is 13.0. The molecule has 84 valence electrons. The quantitative estimate of drug-likeness (QED) is 0.818. The summed E-state index contributed by atoms with van der Waals surface area (Å²) in [5, 5.41) is 4.65. The highest BCUT2D eigenvalue weighted by Gasteiger charge is 2.21. The number of carbonyl (C=O) groups is 1. The molecule has 0 saturated heterocycles. The van der Waals surface area contributed by atoms with Gasteiger partial charge in [-0.25, -0.2) is 0 Å². The van der Waals surface area contributed by atoms with Crippen LogP contribution in [0.4, 0.5) is 4.48 Å².